The second kappa shape index (κ2) is 9.50. The van der Waals surface area contributed by atoms with Crippen LogP contribution < -0.4 is 15.2 Å². The minimum atomic E-state index is -1.33. The van der Waals surface area contributed by atoms with Gasteiger partial charge in [0.1, 0.15) is 5.75 Å². The summed E-state index contributed by atoms with van der Waals surface area (Å²) < 4.78 is 5.49. The number of hydrogen-bond donors (Lipinski definition) is 1. The molecule has 2 aromatic carbocycles. The maximum absolute atomic E-state index is 12.5. The molecule has 0 radical (unpaired) electrons. The molecule has 0 fully saturated rings. The van der Waals surface area contributed by atoms with Gasteiger partial charge in [0.05, 0.1) is 17.6 Å². The van der Waals surface area contributed by atoms with Gasteiger partial charge >= 0.3 is 0 Å². The lowest BCUT2D eigenvalue weighted by Gasteiger charge is -2.20. The van der Waals surface area contributed by atoms with Crippen LogP contribution in [0.1, 0.15) is 47.3 Å². The lowest BCUT2D eigenvalue weighted by molar-refractivity contribution is -0.385. The molecule has 148 valence electrons. The highest BCUT2D eigenvalue weighted by molar-refractivity contribution is 5.95. The van der Waals surface area contributed by atoms with Crippen LogP contribution in [0.5, 0.6) is 5.75 Å². The number of nitro benzene ring substituents is 1. The first-order valence-electron chi connectivity index (χ1n) is 8.80. The van der Waals surface area contributed by atoms with E-state index in [1.807, 2.05) is 6.92 Å². The molecule has 0 heterocycles. The number of carboxylic acid groups (broad SMARTS) is 1. The number of carbonyl (C=O) groups excluding carboxylic acids is 2. The quantitative estimate of drug-likeness (QED) is 0.522. The zero-order valence-corrected chi connectivity index (χ0v) is 15.6. The van der Waals surface area contributed by atoms with Gasteiger partial charge in [0.15, 0.2) is 0 Å². The van der Waals surface area contributed by atoms with Crippen molar-refractivity contribution in [3.05, 3.63) is 69.3 Å². The number of rotatable bonds is 9. The molecule has 0 unspecified atom stereocenters. The highest BCUT2D eigenvalue weighted by Gasteiger charge is 2.19. The molecule has 1 amide bonds. The van der Waals surface area contributed by atoms with E-state index in [1.165, 1.54) is 18.2 Å². The van der Waals surface area contributed by atoms with Crippen LogP contribution >= 0.6 is 0 Å². The Hall–Kier alpha value is -3.42. The first kappa shape index (κ1) is 20.9. The van der Waals surface area contributed by atoms with Crippen molar-refractivity contribution < 1.29 is 24.4 Å². The van der Waals surface area contributed by atoms with E-state index in [0.29, 0.717) is 23.5 Å². The fourth-order valence-corrected chi connectivity index (χ4v) is 2.62. The van der Waals surface area contributed by atoms with E-state index in [9.17, 15) is 24.8 Å². The van der Waals surface area contributed by atoms with Crippen molar-refractivity contribution >= 4 is 17.6 Å². The summed E-state index contributed by atoms with van der Waals surface area (Å²) in [5, 5.41) is 24.8. The molecule has 2 rings (SSSR count). The second-order valence-electron chi connectivity index (χ2n) is 6.28. The number of carbonyl (C=O) groups is 2. The Labute approximate surface area is 162 Å². The largest absolute Gasteiger partial charge is 0.550 e. The van der Waals surface area contributed by atoms with Gasteiger partial charge in [-0.15, -0.1) is 0 Å². The molecule has 0 bridgehead atoms. The number of nitrogens with one attached hydrogen (secondary N) is 1. The van der Waals surface area contributed by atoms with Gasteiger partial charge in [-0.2, -0.15) is 0 Å². The minimum absolute atomic E-state index is 0.0727. The number of aryl methyl sites for hydroxylation is 1. The van der Waals surface area contributed by atoms with Crippen molar-refractivity contribution in [1.82, 2.24) is 5.32 Å². The van der Waals surface area contributed by atoms with Crippen LogP contribution in [-0.4, -0.2) is 23.4 Å². The zero-order valence-electron chi connectivity index (χ0n) is 15.6. The number of nitro groups is 1. The monoisotopic (exact) mass is 385 g/mol. The summed E-state index contributed by atoms with van der Waals surface area (Å²) in [7, 11) is 0. The van der Waals surface area contributed by atoms with Gasteiger partial charge in [-0.3, -0.25) is 14.9 Å². The Morgan fingerprint density at radius 2 is 1.86 bits per heavy atom. The van der Waals surface area contributed by atoms with Gasteiger partial charge in [-0.05, 0) is 37.1 Å². The van der Waals surface area contributed by atoms with Gasteiger partial charge in [-0.25, -0.2) is 0 Å². The van der Waals surface area contributed by atoms with Crippen molar-refractivity contribution in [3.8, 4) is 5.75 Å². The lowest BCUT2D eigenvalue weighted by atomic mass is 10.0. The van der Waals surface area contributed by atoms with E-state index in [2.05, 4.69) is 5.32 Å². The minimum Gasteiger partial charge on any atom is -0.550 e. The predicted octanol–water partition coefficient (Wildman–Crippen LogP) is 2.30. The number of aliphatic carboxylic acids is 1. The third kappa shape index (κ3) is 5.54. The van der Waals surface area contributed by atoms with Gasteiger partial charge in [-0.1, -0.05) is 25.1 Å². The summed E-state index contributed by atoms with van der Waals surface area (Å²) in [5.41, 5.74) is 0.878. The number of nitrogens with zero attached hydrogens (tertiary/aromatic N) is 1. The molecule has 28 heavy (non-hydrogen) atoms. The van der Waals surface area contributed by atoms with Crippen LogP contribution in [0.2, 0.25) is 0 Å². The Morgan fingerprint density at radius 3 is 2.43 bits per heavy atom. The van der Waals surface area contributed by atoms with E-state index in [0.717, 1.165) is 6.42 Å². The maximum atomic E-state index is 12.5. The van der Waals surface area contributed by atoms with Crippen molar-refractivity contribution in [2.75, 3.05) is 6.61 Å². The first-order chi connectivity index (χ1) is 13.3. The number of ether oxygens (including phenoxy) is 1. The third-order valence-corrected chi connectivity index (χ3v) is 4.10. The van der Waals surface area contributed by atoms with E-state index in [-0.39, 0.29) is 11.3 Å². The van der Waals surface area contributed by atoms with Gasteiger partial charge in [0.2, 0.25) is 0 Å². The number of benzene rings is 2. The topological polar surface area (TPSA) is 122 Å². The Kier molecular flexibility index (Phi) is 7.08. The van der Waals surface area contributed by atoms with Gasteiger partial charge in [0.25, 0.3) is 11.6 Å². The predicted molar refractivity (Wildman–Crippen MR) is 99.9 cm³/mol. The molecule has 0 saturated carbocycles. The zero-order chi connectivity index (χ0) is 20.7. The van der Waals surface area contributed by atoms with Crippen LogP contribution in [0, 0.1) is 17.0 Å². The third-order valence-electron chi connectivity index (χ3n) is 4.10. The molecule has 0 aromatic heterocycles. The molecular weight excluding hydrogens is 364 g/mol. The normalized spacial score (nSPS) is 11.5. The van der Waals surface area contributed by atoms with Crippen LogP contribution in [-0.2, 0) is 4.79 Å². The van der Waals surface area contributed by atoms with Crippen LogP contribution in [0.3, 0.4) is 0 Å². The molecule has 8 heteroatoms. The average molecular weight is 385 g/mol. The Balaban J connectivity index is 2.22. The van der Waals surface area contributed by atoms with Crippen molar-refractivity contribution in [2.45, 2.75) is 32.7 Å². The summed E-state index contributed by atoms with van der Waals surface area (Å²) in [4.78, 5) is 34.2. The highest BCUT2D eigenvalue weighted by atomic mass is 16.6. The van der Waals surface area contributed by atoms with Crippen LogP contribution in [0.25, 0.3) is 0 Å². The number of amides is 1. The molecule has 1 atom stereocenters. The van der Waals surface area contributed by atoms with E-state index in [4.69, 9.17) is 4.74 Å². The van der Waals surface area contributed by atoms with Crippen LogP contribution in [0.4, 0.5) is 5.69 Å². The summed E-state index contributed by atoms with van der Waals surface area (Å²) in [5.74, 6) is -1.30. The first-order valence-corrected chi connectivity index (χ1v) is 8.80. The van der Waals surface area contributed by atoms with Gasteiger partial charge in [0, 0.05) is 29.6 Å². The molecule has 0 saturated heterocycles. The van der Waals surface area contributed by atoms with Crippen molar-refractivity contribution in [1.29, 1.82) is 0 Å². The maximum Gasteiger partial charge on any atom is 0.273 e. The number of hydrogen-bond acceptors (Lipinski definition) is 6. The summed E-state index contributed by atoms with van der Waals surface area (Å²) >= 11 is 0. The van der Waals surface area contributed by atoms with Gasteiger partial charge < -0.3 is 20.0 Å². The van der Waals surface area contributed by atoms with E-state index >= 15 is 0 Å². The molecule has 8 nitrogen and oxygen atoms in total. The molecule has 2 aromatic rings. The number of carboxylic acids is 1. The van der Waals surface area contributed by atoms with E-state index < -0.39 is 29.3 Å². The Morgan fingerprint density at radius 1 is 1.18 bits per heavy atom. The molecule has 0 aliphatic heterocycles. The highest BCUT2D eigenvalue weighted by Crippen LogP contribution is 2.23. The summed E-state index contributed by atoms with van der Waals surface area (Å²) in [6.45, 7) is 4.11. The van der Waals surface area contributed by atoms with Crippen LogP contribution in [0.15, 0.2) is 42.5 Å². The molecule has 0 aliphatic rings. The summed E-state index contributed by atoms with van der Waals surface area (Å²) in [6, 6.07) is 9.95. The molecular formula is C20H21N2O6-. The SMILES string of the molecule is CCCOc1ccc([C@@H](CC(=O)[O-])NC(=O)c2ccc(C)c([N+](=O)[O-])c2)cc1. The van der Waals surface area contributed by atoms with E-state index in [1.54, 1.807) is 31.2 Å². The standard InChI is InChI=1S/C20H22N2O6/c1-3-10-28-16-8-6-14(7-9-16)17(12-19(23)24)21-20(25)15-5-4-13(2)18(11-15)22(26)27/h4-9,11,17H,3,10,12H2,1-2H3,(H,21,25)(H,23,24)/p-1/t17-/m1/s1. The molecule has 1 N–H and O–H groups in total. The van der Waals surface area contributed by atoms with Crippen molar-refractivity contribution in [2.24, 2.45) is 0 Å². The fraction of sp³-hybridized carbons (Fsp3) is 0.300. The molecule has 0 spiro atoms. The Bertz CT molecular complexity index is 863. The average Bonchev–Trinajstić information content (AvgIpc) is 2.66. The molecule has 0 aliphatic carbocycles. The smallest absolute Gasteiger partial charge is 0.273 e. The van der Waals surface area contributed by atoms with Crippen molar-refractivity contribution in [3.63, 3.8) is 0 Å². The summed E-state index contributed by atoms with van der Waals surface area (Å²) in [6.07, 6.45) is 0.419. The second-order valence-corrected chi connectivity index (χ2v) is 6.28. The fourth-order valence-electron chi connectivity index (χ4n) is 2.62. The lowest BCUT2D eigenvalue weighted by Crippen LogP contribution is -2.34.